The minimum Gasteiger partial charge on any atom is -0.714 e. The van der Waals surface area contributed by atoms with Crippen molar-refractivity contribution < 1.29 is 71.4 Å². The standard InChI is InChI=1S/C18H33NO15S3/c1-36(27)5-3-2-4-10(19-34-37(28,29)30)35-18-16(26)14(24)12(22)9(33-18)7-31-17-15(25)13(23)11(21)8(6-20)32-17/h8-9,11-18,20-26H,2-7H2,1H3,(H,28,29,30)/p-1/b19-10-/t8-,9-,11-,12-,13+,14+,15-,16-,17+,18+,36?/m1/s1. The Morgan fingerprint density at radius 2 is 1.59 bits per heavy atom. The molecule has 2 rings (SSSR count). The molecular weight excluding hydrogens is 566 g/mol. The number of aliphatic hydroxyl groups is 7. The first-order chi connectivity index (χ1) is 17.2. The van der Waals surface area contributed by atoms with Gasteiger partial charge in [0.1, 0.15) is 59.3 Å². The molecule has 0 saturated carbocycles. The van der Waals surface area contributed by atoms with E-state index < -0.39 is 95.0 Å². The molecule has 16 nitrogen and oxygen atoms in total. The largest absolute Gasteiger partial charge is 0.714 e. The number of oxime groups is 1. The lowest BCUT2D eigenvalue weighted by Crippen LogP contribution is -2.61. The molecule has 0 bridgehead atoms. The highest BCUT2D eigenvalue weighted by Gasteiger charge is 2.47. The molecule has 37 heavy (non-hydrogen) atoms. The molecule has 7 N–H and O–H groups in total. The molecule has 0 amide bonds. The lowest BCUT2D eigenvalue weighted by Gasteiger charge is -2.42. The first-order valence-electron chi connectivity index (χ1n) is 11.0. The van der Waals surface area contributed by atoms with Crippen LogP contribution in [0, 0.1) is 0 Å². The molecule has 0 radical (unpaired) electrons. The lowest BCUT2D eigenvalue weighted by atomic mass is 9.99. The summed E-state index contributed by atoms with van der Waals surface area (Å²) in [6.45, 7) is -1.26. The van der Waals surface area contributed by atoms with E-state index >= 15 is 0 Å². The number of unbranched alkanes of at least 4 members (excludes halogenated alkanes) is 1. The molecule has 19 heteroatoms. The van der Waals surface area contributed by atoms with Crippen LogP contribution in [0.5, 0.6) is 0 Å². The average Bonchev–Trinajstić information content (AvgIpc) is 2.83. The average molecular weight is 599 g/mol. The topological polar surface area (TPSA) is 265 Å². The van der Waals surface area contributed by atoms with Gasteiger partial charge in [-0.15, -0.1) is 0 Å². The summed E-state index contributed by atoms with van der Waals surface area (Å²) in [4.78, 5) is 0. The first kappa shape index (κ1) is 32.7. The minimum absolute atomic E-state index is 0.0364. The molecule has 11 atom stereocenters. The second-order valence-electron chi connectivity index (χ2n) is 8.37. The van der Waals surface area contributed by atoms with Crippen molar-refractivity contribution in [1.82, 2.24) is 0 Å². The number of thioether (sulfide) groups is 1. The Morgan fingerprint density at radius 3 is 2.19 bits per heavy atom. The SMILES string of the molecule is CS(=O)CCCC/C(=N/OS(=O)(=O)[O-])S[C@@H]1O[C@H](CO[C@H]2O[C@H](CO)[C@@H](O)[C@H](O)[C@H]2O)[C@@H](O)[C@H](O)[C@H]1O. The van der Waals surface area contributed by atoms with Gasteiger partial charge in [0.2, 0.25) is 0 Å². The molecular formula is C18H32NO15S3-. The second kappa shape index (κ2) is 14.7. The predicted molar refractivity (Wildman–Crippen MR) is 125 cm³/mol. The van der Waals surface area contributed by atoms with E-state index in [1.807, 2.05) is 0 Å². The third-order valence-electron chi connectivity index (χ3n) is 5.50. The van der Waals surface area contributed by atoms with Gasteiger partial charge in [0.25, 0.3) is 10.4 Å². The van der Waals surface area contributed by atoms with Crippen molar-refractivity contribution in [2.75, 3.05) is 25.2 Å². The van der Waals surface area contributed by atoms with Gasteiger partial charge in [0, 0.05) is 22.8 Å². The maximum atomic E-state index is 11.2. The fourth-order valence-electron chi connectivity index (χ4n) is 3.48. The molecule has 2 saturated heterocycles. The summed E-state index contributed by atoms with van der Waals surface area (Å²) in [5, 5.41) is 73.2. The van der Waals surface area contributed by atoms with Gasteiger partial charge in [-0.25, -0.2) is 0 Å². The van der Waals surface area contributed by atoms with Crippen molar-refractivity contribution in [1.29, 1.82) is 0 Å². The first-order valence-corrected chi connectivity index (χ1v) is 15.0. The Hall–Kier alpha value is -0.520. The number of aliphatic hydroxyl groups excluding tert-OH is 7. The van der Waals surface area contributed by atoms with Crippen molar-refractivity contribution in [3.8, 4) is 0 Å². The summed E-state index contributed by atoms with van der Waals surface area (Å²) in [5.74, 6) is 0.351. The van der Waals surface area contributed by atoms with E-state index in [-0.39, 0.29) is 11.5 Å². The molecule has 2 heterocycles. The molecule has 0 aromatic carbocycles. The smallest absolute Gasteiger partial charge is 0.284 e. The van der Waals surface area contributed by atoms with E-state index in [0.717, 1.165) is 0 Å². The summed E-state index contributed by atoms with van der Waals surface area (Å²) in [6.07, 6.45) is -12.1. The predicted octanol–water partition coefficient (Wildman–Crippen LogP) is -4.32. The van der Waals surface area contributed by atoms with Crippen molar-refractivity contribution >= 4 is 38.0 Å². The van der Waals surface area contributed by atoms with Gasteiger partial charge in [-0.3, -0.25) is 8.49 Å². The van der Waals surface area contributed by atoms with Gasteiger partial charge < -0.3 is 54.5 Å². The summed E-state index contributed by atoms with van der Waals surface area (Å²) < 4.78 is 63.8. The third kappa shape index (κ3) is 9.87. The van der Waals surface area contributed by atoms with Crippen LogP contribution in [0.3, 0.4) is 0 Å². The number of rotatable bonds is 12. The summed E-state index contributed by atoms with van der Waals surface area (Å²) in [5.41, 5.74) is -1.36. The van der Waals surface area contributed by atoms with E-state index in [4.69, 9.17) is 14.2 Å². The van der Waals surface area contributed by atoms with Crippen LogP contribution >= 0.6 is 11.8 Å². The van der Waals surface area contributed by atoms with Crippen molar-refractivity contribution in [2.24, 2.45) is 5.16 Å². The Bertz CT molecular complexity index is 874. The maximum absolute atomic E-state index is 11.2. The molecule has 218 valence electrons. The van der Waals surface area contributed by atoms with Crippen LogP contribution < -0.4 is 0 Å². The van der Waals surface area contributed by atoms with Gasteiger partial charge >= 0.3 is 0 Å². The summed E-state index contributed by atoms with van der Waals surface area (Å²) in [7, 11) is -6.27. The Morgan fingerprint density at radius 1 is 0.973 bits per heavy atom. The Balaban J connectivity index is 2.08. The third-order valence-corrected chi connectivity index (χ3v) is 7.79. The molecule has 2 fully saturated rings. The van der Waals surface area contributed by atoms with Gasteiger partial charge in [0.05, 0.1) is 13.2 Å². The molecule has 2 aliphatic rings. The van der Waals surface area contributed by atoms with Crippen LogP contribution in [0.4, 0.5) is 0 Å². The summed E-state index contributed by atoms with van der Waals surface area (Å²) in [6, 6.07) is 0. The van der Waals surface area contributed by atoms with Gasteiger partial charge in [-0.1, -0.05) is 16.9 Å². The van der Waals surface area contributed by atoms with Crippen LogP contribution in [0.1, 0.15) is 19.3 Å². The zero-order valence-electron chi connectivity index (χ0n) is 19.6. The highest BCUT2D eigenvalue weighted by molar-refractivity contribution is 8.14. The number of hydrogen-bond donors (Lipinski definition) is 7. The van der Waals surface area contributed by atoms with Gasteiger partial charge in [-0.05, 0) is 19.3 Å². The maximum Gasteiger partial charge on any atom is 0.284 e. The zero-order valence-corrected chi connectivity index (χ0v) is 22.0. The van der Waals surface area contributed by atoms with Gasteiger partial charge in [0.15, 0.2) is 6.29 Å². The monoisotopic (exact) mass is 598 g/mol. The Labute approximate surface area is 219 Å². The molecule has 2 aliphatic heterocycles. The fourth-order valence-corrected chi connectivity index (χ4v) is 5.42. The van der Waals surface area contributed by atoms with Crippen molar-refractivity contribution in [3.05, 3.63) is 0 Å². The Kier molecular flexibility index (Phi) is 13.0. The van der Waals surface area contributed by atoms with E-state index in [1.165, 1.54) is 6.26 Å². The molecule has 0 spiro atoms. The summed E-state index contributed by atoms with van der Waals surface area (Å²) >= 11 is 0.610. The van der Waals surface area contributed by atoms with Crippen molar-refractivity contribution in [3.63, 3.8) is 0 Å². The lowest BCUT2D eigenvalue weighted by molar-refractivity contribution is -0.311. The van der Waals surface area contributed by atoms with E-state index in [9.17, 15) is 52.9 Å². The van der Waals surface area contributed by atoms with E-state index in [2.05, 4.69) is 9.44 Å². The normalized spacial score (nSPS) is 38.4. The zero-order chi connectivity index (χ0) is 27.9. The van der Waals surface area contributed by atoms with Crippen molar-refractivity contribution in [2.45, 2.75) is 79.8 Å². The molecule has 0 aromatic rings. The molecule has 1 unspecified atom stereocenters. The molecule has 0 aliphatic carbocycles. The number of ether oxygens (including phenoxy) is 3. The quantitative estimate of drug-likeness (QED) is 0.0279. The van der Waals surface area contributed by atoms with Crippen LogP contribution in [-0.2, 0) is 39.7 Å². The second-order valence-corrected chi connectivity index (χ2v) is 12.1. The highest BCUT2D eigenvalue weighted by Crippen LogP contribution is 2.32. The van der Waals surface area contributed by atoms with E-state index in [1.54, 1.807) is 0 Å². The highest BCUT2D eigenvalue weighted by atomic mass is 32.3. The fraction of sp³-hybridized carbons (Fsp3) is 0.944. The van der Waals surface area contributed by atoms with Crippen LogP contribution in [0.25, 0.3) is 0 Å². The van der Waals surface area contributed by atoms with Crippen LogP contribution in [0.15, 0.2) is 5.16 Å². The number of hydrogen-bond acceptors (Lipinski definition) is 17. The van der Waals surface area contributed by atoms with Crippen LogP contribution in [-0.4, -0.2) is 144 Å². The van der Waals surface area contributed by atoms with E-state index in [0.29, 0.717) is 30.4 Å². The van der Waals surface area contributed by atoms with Gasteiger partial charge in [-0.2, -0.15) is 8.42 Å². The number of nitrogens with zero attached hydrogens (tertiary/aromatic N) is 1. The van der Waals surface area contributed by atoms with Crippen LogP contribution in [0.2, 0.25) is 0 Å². The minimum atomic E-state index is -5.20. The molecule has 0 aromatic heterocycles.